The van der Waals surface area contributed by atoms with Gasteiger partial charge in [-0.2, -0.15) is 4.68 Å². The molecule has 0 spiro atoms. The van der Waals surface area contributed by atoms with E-state index in [4.69, 9.17) is 5.73 Å². The largest absolute Gasteiger partial charge is 0.399 e. The molecular weight excluding hydrogens is 306 g/mol. The van der Waals surface area contributed by atoms with Gasteiger partial charge in [-0.25, -0.2) is 0 Å². The van der Waals surface area contributed by atoms with Crippen LogP contribution in [0.3, 0.4) is 0 Å². The van der Waals surface area contributed by atoms with Crippen LogP contribution in [0.25, 0.3) is 17.1 Å². The third-order valence-electron chi connectivity index (χ3n) is 2.67. The van der Waals surface area contributed by atoms with Gasteiger partial charge in [0.1, 0.15) is 0 Å². The fourth-order valence-electron chi connectivity index (χ4n) is 1.83. The molecule has 2 N–H and O–H groups in total. The normalized spacial score (nSPS) is 10.6. The number of benzene rings is 2. The first-order valence-corrected chi connectivity index (χ1v) is 6.43. The van der Waals surface area contributed by atoms with Crippen molar-refractivity contribution >= 4 is 21.6 Å². The maximum absolute atomic E-state index is 5.79. The Kier molecular flexibility index (Phi) is 3.00. The molecule has 5 nitrogen and oxygen atoms in total. The lowest BCUT2D eigenvalue weighted by Gasteiger charge is -2.05. The van der Waals surface area contributed by atoms with Crippen LogP contribution in [-0.2, 0) is 0 Å². The van der Waals surface area contributed by atoms with Gasteiger partial charge in [-0.3, -0.25) is 0 Å². The summed E-state index contributed by atoms with van der Waals surface area (Å²) in [6.45, 7) is 0. The molecule has 1 heterocycles. The molecule has 0 unspecified atom stereocenters. The maximum atomic E-state index is 5.79. The fraction of sp³-hybridized carbons (Fsp3) is 0. The van der Waals surface area contributed by atoms with E-state index >= 15 is 0 Å². The predicted molar refractivity (Wildman–Crippen MR) is 76.7 cm³/mol. The number of anilines is 1. The lowest BCUT2D eigenvalue weighted by Crippen LogP contribution is -2.00. The van der Waals surface area contributed by atoms with Crippen molar-refractivity contribution in [1.29, 1.82) is 0 Å². The number of aromatic nitrogens is 4. The second-order valence-corrected chi connectivity index (χ2v) is 4.94. The molecule has 94 valence electrons. The van der Waals surface area contributed by atoms with Gasteiger partial charge in [0.25, 0.3) is 0 Å². The molecule has 0 saturated heterocycles. The SMILES string of the molecule is Nc1cccc(-c2nnnn2-c2cccc(Br)c2)c1. The minimum atomic E-state index is 0.658. The highest BCUT2D eigenvalue weighted by Gasteiger charge is 2.10. The van der Waals surface area contributed by atoms with Gasteiger partial charge < -0.3 is 5.73 Å². The average molecular weight is 316 g/mol. The summed E-state index contributed by atoms with van der Waals surface area (Å²) in [4.78, 5) is 0. The van der Waals surface area contributed by atoms with Crippen molar-refractivity contribution in [2.24, 2.45) is 0 Å². The van der Waals surface area contributed by atoms with E-state index in [1.807, 2.05) is 48.5 Å². The average Bonchev–Trinajstić information content (AvgIpc) is 2.88. The third kappa shape index (κ3) is 2.34. The topological polar surface area (TPSA) is 69.6 Å². The van der Waals surface area contributed by atoms with Crippen LogP contribution < -0.4 is 5.73 Å². The Bertz CT molecular complexity index is 662. The van der Waals surface area contributed by atoms with Crippen LogP contribution >= 0.6 is 15.9 Å². The number of nitrogen functional groups attached to an aromatic ring is 1. The van der Waals surface area contributed by atoms with Gasteiger partial charge in [0, 0.05) is 15.7 Å². The van der Waals surface area contributed by atoms with Crippen molar-refractivity contribution in [2.45, 2.75) is 0 Å². The number of hydrogen-bond donors (Lipinski definition) is 1. The highest BCUT2D eigenvalue weighted by atomic mass is 79.9. The minimum absolute atomic E-state index is 0.658. The summed E-state index contributed by atoms with van der Waals surface area (Å²) >= 11 is 3.44. The molecule has 0 aliphatic carbocycles. The number of nitrogens with two attached hydrogens (primary N) is 1. The van der Waals surface area contributed by atoms with E-state index < -0.39 is 0 Å². The summed E-state index contributed by atoms with van der Waals surface area (Å²) in [6, 6.07) is 15.3. The zero-order chi connectivity index (χ0) is 13.2. The minimum Gasteiger partial charge on any atom is -0.399 e. The van der Waals surface area contributed by atoms with E-state index in [2.05, 4.69) is 31.5 Å². The highest BCUT2D eigenvalue weighted by molar-refractivity contribution is 9.10. The molecule has 2 aromatic carbocycles. The summed E-state index contributed by atoms with van der Waals surface area (Å²) < 4.78 is 2.65. The quantitative estimate of drug-likeness (QED) is 0.738. The molecule has 19 heavy (non-hydrogen) atoms. The smallest absolute Gasteiger partial charge is 0.187 e. The molecule has 0 aliphatic heterocycles. The van der Waals surface area contributed by atoms with Crippen LogP contribution in [0.5, 0.6) is 0 Å². The van der Waals surface area contributed by atoms with E-state index in [1.165, 1.54) is 0 Å². The van der Waals surface area contributed by atoms with Gasteiger partial charge >= 0.3 is 0 Å². The van der Waals surface area contributed by atoms with Gasteiger partial charge in [0.2, 0.25) is 0 Å². The van der Waals surface area contributed by atoms with Crippen molar-refractivity contribution in [2.75, 3.05) is 5.73 Å². The molecule has 3 aromatic rings. The van der Waals surface area contributed by atoms with E-state index in [0.717, 1.165) is 15.7 Å². The summed E-state index contributed by atoms with van der Waals surface area (Å²) in [6.07, 6.45) is 0. The Hall–Kier alpha value is -2.21. The van der Waals surface area contributed by atoms with Crippen LogP contribution in [0, 0.1) is 0 Å². The first-order chi connectivity index (χ1) is 9.24. The maximum Gasteiger partial charge on any atom is 0.187 e. The van der Waals surface area contributed by atoms with Crippen LogP contribution in [0.1, 0.15) is 0 Å². The van der Waals surface area contributed by atoms with E-state index in [0.29, 0.717) is 11.5 Å². The van der Waals surface area contributed by atoms with Crippen LogP contribution in [0.15, 0.2) is 53.0 Å². The first kappa shape index (κ1) is 11.9. The van der Waals surface area contributed by atoms with Crippen molar-refractivity contribution < 1.29 is 0 Å². The molecule has 0 radical (unpaired) electrons. The second-order valence-electron chi connectivity index (χ2n) is 4.02. The Balaban J connectivity index is 2.13. The molecule has 0 fully saturated rings. The molecule has 0 bridgehead atoms. The zero-order valence-corrected chi connectivity index (χ0v) is 11.4. The number of rotatable bonds is 2. The Morgan fingerprint density at radius 1 is 1.05 bits per heavy atom. The molecular formula is C13H10BrN5. The van der Waals surface area contributed by atoms with Gasteiger partial charge in [-0.1, -0.05) is 34.1 Å². The van der Waals surface area contributed by atoms with Gasteiger partial charge in [-0.05, 0) is 40.8 Å². The first-order valence-electron chi connectivity index (χ1n) is 5.64. The lowest BCUT2D eigenvalue weighted by molar-refractivity contribution is 0.791. The van der Waals surface area contributed by atoms with Crippen molar-refractivity contribution in [3.8, 4) is 17.1 Å². The third-order valence-corrected chi connectivity index (χ3v) is 3.16. The summed E-state index contributed by atoms with van der Waals surface area (Å²) in [7, 11) is 0. The van der Waals surface area contributed by atoms with Crippen molar-refractivity contribution in [3.05, 3.63) is 53.0 Å². The van der Waals surface area contributed by atoms with E-state index in [-0.39, 0.29) is 0 Å². The lowest BCUT2D eigenvalue weighted by atomic mass is 10.2. The number of nitrogens with zero attached hydrogens (tertiary/aromatic N) is 4. The van der Waals surface area contributed by atoms with Crippen molar-refractivity contribution in [3.63, 3.8) is 0 Å². The number of hydrogen-bond acceptors (Lipinski definition) is 4. The molecule has 3 rings (SSSR count). The van der Waals surface area contributed by atoms with Crippen LogP contribution in [0.2, 0.25) is 0 Å². The van der Waals surface area contributed by atoms with Crippen LogP contribution in [0.4, 0.5) is 5.69 Å². The van der Waals surface area contributed by atoms with E-state index in [1.54, 1.807) is 4.68 Å². The molecule has 0 amide bonds. The molecule has 1 aromatic heterocycles. The predicted octanol–water partition coefficient (Wildman–Crippen LogP) is 2.67. The Labute approximate surface area is 118 Å². The van der Waals surface area contributed by atoms with Gasteiger partial charge in [0.05, 0.1) is 5.69 Å². The number of halogens is 1. The Morgan fingerprint density at radius 2 is 1.89 bits per heavy atom. The molecule has 6 heteroatoms. The Morgan fingerprint density at radius 3 is 2.68 bits per heavy atom. The zero-order valence-electron chi connectivity index (χ0n) is 9.86. The monoisotopic (exact) mass is 315 g/mol. The van der Waals surface area contributed by atoms with Gasteiger partial charge in [-0.15, -0.1) is 5.10 Å². The standard InChI is InChI=1S/C13H10BrN5/c14-10-4-2-6-12(8-10)19-13(16-17-18-19)9-3-1-5-11(15)7-9/h1-8H,15H2. The second kappa shape index (κ2) is 4.81. The summed E-state index contributed by atoms with van der Waals surface area (Å²) in [5, 5.41) is 11.8. The van der Waals surface area contributed by atoms with Crippen LogP contribution in [-0.4, -0.2) is 20.2 Å². The van der Waals surface area contributed by atoms with Gasteiger partial charge in [0.15, 0.2) is 5.82 Å². The fourth-order valence-corrected chi connectivity index (χ4v) is 2.21. The molecule has 0 atom stereocenters. The number of tetrazole rings is 1. The highest BCUT2D eigenvalue weighted by Crippen LogP contribution is 2.22. The van der Waals surface area contributed by atoms with Crippen molar-refractivity contribution in [1.82, 2.24) is 20.2 Å². The van der Waals surface area contributed by atoms with E-state index in [9.17, 15) is 0 Å². The summed E-state index contributed by atoms with van der Waals surface area (Å²) in [5.74, 6) is 0.658. The summed E-state index contributed by atoms with van der Waals surface area (Å²) in [5.41, 5.74) is 8.24. The molecule has 0 aliphatic rings. The molecule has 0 saturated carbocycles.